The van der Waals surface area contributed by atoms with Crippen LogP contribution in [0.15, 0.2) is 30.6 Å². The minimum absolute atomic E-state index is 0.353. The average molecular weight is 330 g/mol. The van der Waals surface area contributed by atoms with Gasteiger partial charge in [-0.3, -0.25) is 10.0 Å². The van der Waals surface area contributed by atoms with Crippen molar-refractivity contribution in [3.63, 3.8) is 0 Å². The lowest BCUT2D eigenvalue weighted by atomic mass is 9.92. The predicted octanol–water partition coefficient (Wildman–Crippen LogP) is 2.58. The molecular formula is C18H26N4O2. The first kappa shape index (κ1) is 18.2. The summed E-state index contributed by atoms with van der Waals surface area (Å²) in [5.41, 5.74) is 4.73. The van der Waals surface area contributed by atoms with E-state index in [0.29, 0.717) is 5.41 Å². The van der Waals surface area contributed by atoms with Gasteiger partial charge in [-0.05, 0) is 42.2 Å². The Morgan fingerprint density at radius 2 is 2.12 bits per heavy atom. The molecule has 6 heteroatoms. The number of rotatable bonds is 7. The minimum atomic E-state index is -0.554. The van der Waals surface area contributed by atoms with Crippen molar-refractivity contribution in [3.05, 3.63) is 36.2 Å². The van der Waals surface area contributed by atoms with Crippen LogP contribution < -0.4 is 10.8 Å². The second-order valence-corrected chi connectivity index (χ2v) is 7.06. The van der Waals surface area contributed by atoms with Crippen molar-refractivity contribution in [1.29, 1.82) is 0 Å². The zero-order chi connectivity index (χ0) is 17.6. The number of hydrogen-bond acceptors (Lipinski definition) is 4. The van der Waals surface area contributed by atoms with E-state index < -0.39 is 5.91 Å². The average Bonchev–Trinajstić information content (AvgIpc) is 2.93. The Morgan fingerprint density at radius 1 is 1.33 bits per heavy atom. The van der Waals surface area contributed by atoms with Gasteiger partial charge in [0.2, 0.25) is 0 Å². The smallest absolute Gasteiger partial charge is 0.267 e. The van der Waals surface area contributed by atoms with E-state index in [1.165, 1.54) is 6.08 Å². The first-order valence-corrected chi connectivity index (χ1v) is 8.17. The van der Waals surface area contributed by atoms with Crippen LogP contribution in [0.5, 0.6) is 0 Å². The first-order valence-electron chi connectivity index (χ1n) is 8.17. The molecule has 1 heterocycles. The van der Waals surface area contributed by atoms with Gasteiger partial charge in [-0.1, -0.05) is 26.8 Å². The highest BCUT2D eigenvalue weighted by Crippen LogP contribution is 2.17. The van der Waals surface area contributed by atoms with Crippen molar-refractivity contribution in [2.75, 3.05) is 13.1 Å². The van der Waals surface area contributed by atoms with Crippen molar-refractivity contribution < 1.29 is 10.0 Å². The highest BCUT2D eigenvalue weighted by molar-refractivity contribution is 5.91. The maximum atomic E-state index is 11.0. The standard InChI is InChI=1S/C18H26N4O2/c1-18(2,3)8-9-19-10-11-22-13-20-15-12-14(4-6-16(15)22)5-7-17(23)21-24/h4-7,12-13,19,24H,8-11H2,1-3H3,(H,21,23). The molecule has 0 saturated carbocycles. The molecule has 0 spiro atoms. The predicted molar refractivity (Wildman–Crippen MR) is 95.6 cm³/mol. The summed E-state index contributed by atoms with van der Waals surface area (Å²) in [6.45, 7) is 9.51. The third-order valence-corrected chi connectivity index (χ3v) is 3.76. The van der Waals surface area contributed by atoms with Crippen LogP contribution in [0.4, 0.5) is 0 Å². The summed E-state index contributed by atoms with van der Waals surface area (Å²) < 4.78 is 2.12. The molecule has 130 valence electrons. The molecule has 0 unspecified atom stereocenters. The Balaban J connectivity index is 1.93. The van der Waals surface area contributed by atoms with Crippen molar-refractivity contribution in [2.24, 2.45) is 5.41 Å². The maximum absolute atomic E-state index is 11.0. The fourth-order valence-corrected chi connectivity index (χ4v) is 2.36. The lowest BCUT2D eigenvalue weighted by Crippen LogP contribution is -2.24. The third kappa shape index (κ3) is 5.47. The summed E-state index contributed by atoms with van der Waals surface area (Å²) in [6, 6.07) is 5.84. The van der Waals surface area contributed by atoms with Crippen LogP contribution in [0.2, 0.25) is 0 Å². The molecule has 0 atom stereocenters. The molecule has 0 saturated heterocycles. The molecule has 24 heavy (non-hydrogen) atoms. The topological polar surface area (TPSA) is 79.2 Å². The highest BCUT2D eigenvalue weighted by atomic mass is 16.5. The number of hydroxylamine groups is 1. The number of hydrogen-bond donors (Lipinski definition) is 3. The zero-order valence-corrected chi connectivity index (χ0v) is 14.5. The number of aromatic nitrogens is 2. The van der Waals surface area contributed by atoms with E-state index in [0.717, 1.165) is 42.7 Å². The summed E-state index contributed by atoms with van der Waals surface area (Å²) in [7, 11) is 0. The van der Waals surface area contributed by atoms with Crippen molar-refractivity contribution in [2.45, 2.75) is 33.7 Å². The molecule has 6 nitrogen and oxygen atoms in total. The number of amides is 1. The fourth-order valence-electron chi connectivity index (χ4n) is 2.36. The zero-order valence-electron chi connectivity index (χ0n) is 14.5. The Morgan fingerprint density at radius 3 is 2.83 bits per heavy atom. The summed E-state index contributed by atoms with van der Waals surface area (Å²) in [6.07, 6.45) is 5.90. The van der Waals surface area contributed by atoms with Gasteiger partial charge in [0.05, 0.1) is 17.4 Å². The maximum Gasteiger partial charge on any atom is 0.267 e. The van der Waals surface area contributed by atoms with Gasteiger partial charge in [-0.15, -0.1) is 0 Å². The minimum Gasteiger partial charge on any atom is -0.329 e. The second-order valence-electron chi connectivity index (χ2n) is 7.06. The van der Waals surface area contributed by atoms with E-state index in [1.54, 1.807) is 11.6 Å². The Bertz CT molecular complexity index is 713. The lowest BCUT2D eigenvalue weighted by Gasteiger charge is -2.18. The molecule has 1 amide bonds. The van der Waals surface area contributed by atoms with Gasteiger partial charge in [0.1, 0.15) is 0 Å². The normalized spacial score (nSPS) is 12.2. The van der Waals surface area contributed by atoms with Crippen molar-refractivity contribution >= 4 is 23.0 Å². The van der Waals surface area contributed by atoms with Gasteiger partial charge >= 0.3 is 0 Å². The summed E-state index contributed by atoms with van der Waals surface area (Å²) in [5, 5.41) is 11.9. The van der Waals surface area contributed by atoms with Crippen LogP contribution in [0, 0.1) is 5.41 Å². The monoisotopic (exact) mass is 330 g/mol. The molecule has 0 fully saturated rings. The molecule has 2 aromatic rings. The van der Waals surface area contributed by atoms with Gasteiger partial charge < -0.3 is 9.88 Å². The number of fused-ring (bicyclic) bond motifs is 1. The van der Waals surface area contributed by atoms with Crippen LogP contribution in [-0.2, 0) is 11.3 Å². The summed E-state index contributed by atoms with van der Waals surface area (Å²) >= 11 is 0. The number of carbonyl (C=O) groups is 1. The fraction of sp³-hybridized carbons (Fsp3) is 0.444. The largest absolute Gasteiger partial charge is 0.329 e. The molecule has 0 aliphatic rings. The molecular weight excluding hydrogens is 304 g/mol. The Labute approximate surface area is 142 Å². The number of carbonyl (C=O) groups excluding carboxylic acids is 1. The number of nitrogens with zero attached hydrogens (tertiary/aromatic N) is 2. The van der Waals surface area contributed by atoms with Crippen LogP contribution in [0.25, 0.3) is 17.1 Å². The summed E-state index contributed by atoms with van der Waals surface area (Å²) in [4.78, 5) is 15.4. The molecule has 1 aromatic heterocycles. The van der Waals surface area contributed by atoms with E-state index in [2.05, 4.69) is 35.6 Å². The quantitative estimate of drug-likeness (QED) is 0.315. The van der Waals surface area contributed by atoms with Gasteiger partial charge in [-0.2, -0.15) is 0 Å². The third-order valence-electron chi connectivity index (χ3n) is 3.76. The van der Waals surface area contributed by atoms with Gasteiger partial charge in [0.25, 0.3) is 5.91 Å². The van der Waals surface area contributed by atoms with Crippen LogP contribution >= 0.6 is 0 Å². The highest BCUT2D eigenvalue weighted by Gasteiger charge is 2.08. The molecule has 3 N–H and O–H groups in total. The van der Waals surface area contributed by atoms with E-state index >= 15 is 0 Å². The van der Waals surface area contributed by atoms with Crippen molar-refractivity contribution in [3.8, 4) is 0 Å². The number of nitrogens with one attached hydrogen (secondary N) is 2. The second kappa shape index (κ2) is 8.08. The van der Waals surface area contributed by atoms with Crippen LogP contribution in [0.1, 0.15) is 32.8 Å². The van der Waals surface area contributed by atoms with Crippen LogP contribution in [0.3, 0.4) is 0 Å². The Hall–Kier alpha value is -2.18. The lowest BCUT2D eigenvalue weighted by molar-refractivity contribution is -0.124. The summed E-state index contributed by atoms with van der Waals surface area (Å²) in [5.74, 6) is -0.554. The van der Waals surface area contributed by atoms with Gasteiger partial charge in [0, 0.05) is 19.2 Å². The molecule has 2 rings (SSSR count). The molecule has 0 radical (unpaired) electrons. The van der Waals surface area contributed by atoms with E-state index in [4.69, 9.17) is 5.21 Å². The van der Waals surface area contributed by atoms with E-state index in [9.17, 15) is 4.79 Å². The molecule has 0 aliphatic carbocycles. The number of benzene rings is 1. The first-order chi connectivity index (χ1) is 11.4. The van der Waals surface area contributed by atoms with Gasteiger partial charge in [-0.25, -0.2) is 10.5 Å². The Kier molecular flexibility index (Phi) is 6.11. The van der Waals surface area contributed by atoms with E-state index in [1.807, 2.05) is 24.5 Å². The molecule has 1 aromatic carbocycles. The van der Waals surface area contributed by atoms with Crippen molar-refractivity contribution in [1.82, 2.24) is 20.3 Å². The van der Waals surface area contributed by atoms with Crippen LogP contribution in [-0.4, -0.2) is 33.8 Å². The number of imidazole rings is 1. The molecule has 0 bridgehead atoms. The molecule has 0 aliphatic heterocycles. The SMILES string of the molecule is CC(C)(C)CCNCCn1cnc2cc(C=CC(=O)NO)ccc21. The van der Waals surface area contributed by atoms with E-state index in [-0.39, 0.29) is 0 Å². The van der Waals surface area contributed by atoms with Gasteiger partial charge in [0.15, 0.2) is 0 Å².